The van der Waals surface area contributed by atoms with Gasteiger partial charge in [0.25, 0.3) is 0 Å². The number of aryl methyl sites for hydroxylation is 1. The Hall–Kier alpha value is -2.57. The third kappa shape index (κ3) is 4.62. The quantitative estimate of drug-likeness (QED) is 0.417. The van der Waals surface area contributed by atoms with Crippen LogP contribution in [0.3, 0.4) is 0 Å². The number of ether oxygens (including phenoxy) is 1. The summed E-state index contributed by atoms with van der Waals surface area (Å²) in [4.78, 5) is 4.93. The van der Waals surface area contributed by atoms with Crippen molar-refractivity contribution in [3.05, 3.63) is 47.3 Å². The largest absolute Gasteiger partial charge is 0.401 e. The first-order valence-electron chi connectivity index (χ1n) is 11.8. The molecule has 1 aliphatic heterocycles. The molecular formula is C26H37N5O. The number of aromatic nitrogens is 2. The summed E-state index contributed by atoms with van der Waals surface area (Å²) in [7, 11) is 1.81. The van der Waals surface area contributed by atoms with Gasteiger partial charge in [-0.15, -0.1) is 0 Å². The van der Waals surface area contributed by atoms with Gasteiger partial charge in [0.1, 0.15) is 0 Å². The molecule has 172 valence electrons. The first kappa shape index (κ1) is 22.6. The number of nitrogens with zero attached hydrogens (tertiary/aromatic N) is 3. The molecule has 32 heavy (non-hydrogen) atoms. The fourth-order valence-electron chi connectivity index (χ4n) is 4.84. The lowest BCUT2D eigenvalue weighted by molar-refractivity contribution is 0.0620. The second kappa shape index (κ2) is 9.51. The fourth-order valence-corrected chi connectivity index (χ4v) is 4.84. The van der Waals surface area contributed by atoms with Crippen LogP contribution < -0.4 is 11.6 Å². The number of nitrogens with two attached hydrogens (primary N) is 2. The number of hydrogen-bond donors (Lipinski definition) is 2. The molecule has 1 saturated heterocycles. The highest BCUT2D eigenvalue weighted by atomic mass is 16.5. The molecule has 2 aromatic heterocycles. The van der Waals surface area contributed by atoms with Crippen molar-refractivity contribution in [3.8, 4) is 0 Å². The minimum atomic E-state index is 0.607. The molecule has 0 saturated carbocycles. The number of fused-ring (bicyclic) bond motifs is 3. The van der Waals surface area contributed by atoms with Crippen molar-refractivity contribution in [2.45, 2.75) is 53.0 Å². The van der Waals surface area contributed by atoms with Crippen molar-refractivity contribution >= 4 is 27.6 Å². The molecule has 0 unspecified atom stereocenters. The summed E-state index contributed by atoms with van der Waals surface area (Å²) >= 11 is 0. The van der Waals surface area contributed by atoms with Gasteiger partial charge in [-0.3, -0.25) is 4.98 Å². The van der Waals surface area contributed by atoms with Crippen molar-refractivity contribution in [2.75, 3.05) is 20.3 Å². The monoisotopic (exact) mass is 435 g/mol. The molecule has 1 aromatic carbocycles. The van der Waals surface area contributed by atoms with Gasteiger partial charge in [-0.05, 0) is 68.2 Å². The maximum Gasteiger partial charge on any atom is 0.0960 e. The Bertz CT molecular complexity index is 1120. The van der Waals surface area contributed by atoms with E-state index in [-0.39, 0.29) is 0 Å². The fraction of sp³-hybridized carbons (Fsp3) is 0.500. The van der Waals surface area contributed by atoms with Gasteiger partial charge in [0.2, 0.25) is 0 Å². The molecule has 0 aliphatic carbocycles. The van der Waals surface area contributed by atoms with Crippen LogP contribution in [0.25, 0.3) is 27.6 Å². The minimum Gasteiger partial charge on any atom is -0.401 e. The molecule has 0 amide bonds. The summed E-state index contributed by atoms with van der Waals surface area (Å²) in [6.45, 7) is 9.10. The Morgan fingerprint density at radius 1 is 1.22 bits per heavy atom. The standard InChI is InChI=1S/C26H37N5O/c1-17(2)5-6-19-7-8-23-22(13-19)25-24(31(23)16-20-9-11-32-12-10-20)14-21(15-29-25)26(18(3)27)30(4)28/h7-8,13-15,17,20H,5-6,9-12,16,27-28H2,1-4H3/b26-18-. The summed E-state index contributed by atoms with van der Waals surface area (Å²) < 4.78 is 8.05. The van der Waals surface area contributed by atoms with Crippen molar-refractivity contribution in [1.29, 1.82) is 0 Å². The smallest absolute Gasteiger partial charge is 0.0960 e. The Labute approximate surface area is 191 Å². The zero-order valence-electron chi connectivity index (χ0n) is 19.9. The Kier molecular flexibility index (Phi) is 6.72. The number of allylic oxidation sites excluding steroid dienone is 1. The van der Waals surface area contributed by atoms with Crippen molar-refractivity contribution < 1.29 is 4.74 Å². The molecule has 1 fully saturated rings. The highest BCUT2D eigenvalue weighted by Crippen LogP contribution is 2.33. The lowest BCUT2D eigenvalue weighted by Crippen LogP contribution is -2.26. The normalized spacial score (nSPS) is 16.2. The van der Waals surface area contributed by atoms with Crippen molar-refractivity contribution in [3.63, 3.8) is 0 Å². The van der Waals surface area contributed by atoms with Crippen LogP contribution in [0.1, 0.15) is 51.2 Å². The molecule has 4 rings (SSSR count). The third-order valence-corrected chi connectivity index (χ3v) is 6.56. The van der Waals surface area contributed by atoms with Gasteiger partial charge in [0.15, 0.2) is 0 Å². The molecule has 3 heterocycles. The van der Waals surface area contributed by atoms with E-state index in [0.717, 1.165) is 61.3 Å². The van der Waals surface area contributed by atoms with Gasteiger partial charge in [-0.25, -0.2) is 5.84 Å². The van der Waals surface area contributed by atoms with E-state index in [4.69, 9.17) is 21.3 Å². The second-order valence-electron chi connectivity index (χ2n) is 9.68. The van der Waals surface area contributed by atoms with Crippen molar-refractivity contribution in [1.82, 2.24) is 14.6 Å². The molecule has 4 N–H and O–H groups in total. The molecule has 0 bridgehead atoms. The van der Waals surface area contributed by atoms with E-state index in [1.165, 1.54) is 22.9 Å². The predicted molar refractivity (Wildman–Crippen MR) is 133 cm³/mol. The molecule has 6 heteroatoms. The number of hydrazine groups is 1. The van der Waals surface area contributed by atoms with Crippen LogP contribution in [-0.2, 0) is 17.7 Å². The summed E-state index contributed by atoms with van der Waals surface area (Å²) in [5, 5.41) is 2.81. The summed E-state index contributed by atoms with van der Waals surface area (Å²) in [6, 6.07) is 9.11. The maximum absolute atomic E-state index is 6.16. The van der Waals surface area contributed by atoms with Gasteiger partial charge in [0, 0.05) is 49.6 Å². The topological polar surface area (TPSA) is 82.3 Å². The van der Waals surface area contributed by atoms with Crippen LogP contribution in [0.4, 0.5) is 0 Å². The van der Waals surface area contributed by atoms with Crippen molar-refractivity contribution in [2.24, 2.45) is 23.4 Å². The van der Waals surface area contributed by atoms with Crippen LogP contribution in [-0.4, -0.2) is 34.8 Å². The highest BCUT2D eigenvalue weighted by molar-refractivity contribution is 6.06. The van der Waals surface area contributed by atoms with E-state index < -0.39 is 0 Å². The van der Waals surface area contributed by atoms with Gasteiger partial charge < -0.3 is 20.0 Å². The van der Waals surface area contributed by atoms with Crippen LogP contribution in [0.2, 0.25) is 0 Å². The average molecular weight is 436 g/mol. The number of hydrogen-bond acceptors (Lipinski definition) is 5. The average Bonchev–Trinajstić information content (AvgIpc) is 3.05. The predicted octanol–water partition coefficient (Wildman–Crippen LogP) is 4.66. The molecule has 0 atom stereocenters. The van der Waals surface area contributed by atoms with E-state index in [2.05, 4.69) is 42.7 Å². The second-order valence-corrected chi connectivity index (χ2v) is 9.68. The number of pyridine rings is 1. The lowest BCUT2D eigenvalue weighted by atomic mass is 10.00. The molecule has 0 spiro atoms. The van der Waals surface area contributed by atoms with E-state index in [0.29, 0.717) is 17.5 Å². The van der Waals surface area contributed by atoms with E-state index in [9.17, 15) is 0 Å². The Morgan fingerprint density at radius 3 is 2.62 bits per heavy atom. The molecule has 0 radical (unpaired) electrons. The first-order chi connectivity index (χ1) is 15.3. The van der Waals surface area contributed by atoms with Crippen LogP contribution >= 0.6 is 0 Å². The molecular weight excluding hydrogens is 398 g/mol. The summed E-state index contributed by atoms with van der Waals surface area (Å²) in [5.74, 6) is 7.40. The SMILES string of the molecule is C/C(N)=C(\c1cnc2c3cc(CCC(C)C)ccc3n(CC3CCOCC3)c2c1)N(C)N. The molecule has 3 aromatic rings. The zero-order chi connectivity index (χ0) is 22.8. The summed E-state index contributed by atoms with van der Waals surface area (Å²) in [6.07, 6.45) is 6.38. The van der Waals surface area contributed by atoms with Gasteiger partial charge in [-0.2, -0.15) is 0 Å². The van der Waals surface area contributed by atoms with Crippen LogP contribution in [0.15, 0.2) is 36.2 Å². The first-order valence-corrected chi connectivity index (χ1v) is 11.8. The Balaban J connectivity index is 1.86. The number of benzene rings is 1. The third-order valence-electron chi connectivity index (χ3n) is 6.56. The molecule has 1 aliphatic rings. The molecule has 6 nitrogen and oxygen atoms in total. The zero-order valence-corrected chi connectivity index (χ0v) is 19.9. The van der Waals surface area contributed by atoms with Gasteiger partial charge >= 0.3 is 0 Å². The van der Waals surface area contributed by atoms with E-state index >= 15 is 0 Å². The van der Waals surface area contributed by atoms with Crippen LogP contribution in [0.5, 0.6) is 0 Å². The van der Waals surface area contributed by atoms with E-state index in [1.807, 2.05) is 20.2 Å². The Morgan fingerprint density at radius 2 is 1.97 bits per heavy atom. The maximum atomic E-state index is 6.16. The number of rotatable bonds is 7. The van der Waals surface area contributed by atoms with Gasteiger partial charge in [0.05, 0.1) is 22.2 Å². The van der Waals surface area contributed by atoms with Gasteiger partial charge in [-0.1, -0.05) is 19.9 Å². The van der Waals surface area contributed by atoms with Crippen LogP contribution in [0, 0.1) is 11.8 Å². The minimum absolute atomic E-state index is 0.607. The lowest BCUT2D eigenvalue weighted by Gasteiger charge is -2.23. The summed E-state index contributed by atoms with van der Waals surface area (Å²) in [5.41, 5.74) is 13.4. The highest BCUT2D eigenvalue weighted by Gasteiger charge is 2.20. The van der Waals surface area contributed by atoms with E-state index in [1.54, 1.807) is 5.01 Å².